The zero-order valence-electron chi connectivity index (χ0n) is 14.9. The Morgan fingerprint density at radius 1 is 1.12 bits per heavy atom. The fourth-order valence-corrected chi connectivity index (χ4v) is 3.18. The maximum absolute atomic E-state index is 4.63. The van der Waals surface area contributed by atoms with E-state index >= 15 is 0 Å². The molecule has 3 rings (SSSR count). The van der Waals surface area contributed by atoms with E-state index in [9.17, 15) is 0 Å². The SMILES string of the molecule is C=C/C=C\C1=CCC(C2C=C(c3ccc(C=C)c(C=C)c3)NC=N2)C=C1. The molecular formula is C24H24N2. The highest BCUT2D eigenvalue weighted by Gasteiger charge is 2.20. The van der Waals surface area contributed by atoms with Crippen molar-refractivity contribution in [3.8, 4) is 0 Å². The smallest absolute Gasteiger partial charge is 0.0875 e. The van der Waals surface area contributed by atoms with Gasteiger partial charge in [0.05, 0.1) is 12.4 Å². The average Bonchev–Trinajstić information content (AvgIpc) is 2.72. The minimum Gasteiger partial charge on any atom is -0.346 e. The zero-order chi connectivity index (χ0) is 18.4. The monoisotopic (exact) mass is 340 g/mol. The fourth-order valence-electron chi connectivity index (χ4n) is 3.18. The van der Waals surface area contributed by atoms with Crippen molar-refractivity contribution in [3.63, 3.8) is 0 Å². The van der Waals surface area contributed by atoms with Crippen molar-refractivity contribution in [1.29, 1.82) is 0 Å². The van der Waals surface area contributed by atoms with Crippen LogP contribution >= 0.6 is 0 Å². The van der Waals surface area contributed by atoms with E-state index in [1.54, 1.807) is 12.4 Å². The van der Waals surface area contributed by atoms with E-state index in [-0.39, 0.29) is 6.04 Å². The molecule has 0 bridgehead atoms. The summed E-state index contributed by atoms with van der Waals surface area (Å²) in [6.07, 6.45) is 21.2. The Morgan fingerprint density at radius 3 is 2.65 bits per heavy atom. The Bertz CT molecular complexity index is 862. The van der Waals surface area contributed by atoms with Crippen LogP contribution in [0.4, 0.5) is 0 Å². The minimum absolute atomic E-state index is 0.134. The number of hydrogen-bond acceptors (Lipinski definition) is 2. The Balaban J connectivity index is 1.79. The fraction of sp³-hybridized carbons (Fsp3) is 0.125. The molecule has 130 valence electrons. The summed E-state index contributed by atoms with van der Waals surface area (Å²) in [7, 11) is 0. The van der Waals surface area contributed by atoms with Crippen molar-refractivity contribution in [2.75, 3.05) is 0 Å². The van der Waals surface area contributed by atoms with Gasteiger partial charge < -0.3 is 5.32 Å². The number of aliphatic imine (C=N–C) groups is 1. The molecule has 1 aliphatic carbocycles. The van der Waals surface area contributed by atoms with E-state index in [0.29, 0.717) is 5.92 Å². The first kappa shape index (κ1) is 17.7. The van der Waals surface area contributed by atoms with Gasteiger partial charge >= 0.3 is 0 Å². The molecule has 0 saturated heterocycles. The highest BCUT2D eigenvalue weighted by atomic mass is 15.0. The molecule has 2 atom stereocenters. The van der Waals surface area contributed by atoms with Crippen molar-refractivity contribution in [2.45, 2.75) is 12.5 Å². The third kappa shape index (κ3) is 3.92. The highest BCUT2D eigenvalue weighted by molar-refractivity contribution is 5.80. The molecule has 2 unspecified atom stereocenters. The van der Waals surface area contributed by atoms with Crippen LogP contribution in [-0.2, 0) is 0 Å². The summed E-state index contributed by atoms with van der Waals surface area (Å²) in [5, 5.41) is 3.28. The molecule has 0 radical (unpaired) electrons. The van der Waals surface area contributed by atoms with Gasteiger partial charge in [0.2, 0.25) is 0 Å². The third-order valence-electron chi connectivity index (χ3n) is 4.67. The summed E-state index contributed by atoms with van der Waals surface area (Å²) in [6.45, 7) is 11.5. The van der Waals surface area contributed by atoms with Crippen LogP contribution in [0.1, 0.15) is 23.1 Å². The molecular weight excluding hydrogens is 316 g/mol. The van der Waals surface area contributed by atoms with Gasteiger partial charge in [-0.2, -0.15) is 0 Å². The van der Waals surface area contributed by atoms with Gasteiger partial charge in [-0.3, -0.25) is 4.99 Å². The van der Waals surface area contributed by atoms with Crippen molar-refractivity contribution in [3.05, 3.63) is 103 Å². The van der Waals surface area contributed by atoms with Crippen molar-refractivity contribution in [2.24, 2.45) is 10.9 Å². The number of nitrogens with one attached hydrogen (secondary N) is 1. The molecule has 0 saturated carbocycles. The normalized spacial score (nSPS) is 21.7. The first-order chi connectivity index (χ1) is 12.7. The van der Waals surface area contributed by atoms with Crippen LogP contribution in [0.3, 0.4) is 0 Å². The topological polar surface area (TPSA) is 24.4 Å². The van der Waals surface area contributed by atoms with Crippen LogP contribution in [0.2, 0.25) is 0 Å². The molecule has 1 heterocycles. The van der Waals surface area contributed by atoms with E-state index in [1.807, 2.05) is 18.2 Å². The second-order valence-electron chi connectivity index (χ2n) is 6.30. The van der Waals surface area contributed by atoms with Crippen molar-refractivity contribution in [1.82, 2.24) is 5.32 Å². The van der Waals surface area contributed by atoms with E-state index < -0.39 is 0 Å². The number of rotatable bonds is 6. The van der Waals surface area contributed by atoms with Gasteiger partial charge in [-0.25, -0.2) is 0 Å². The van der Waals surface area contributed by atoms with Gasteiger partial charge in [-0.05, 0) is 40.8 Å². The molecule has 2 heteroatoms. The second-order valence-corrected chi connectivity index (χ2v) is 6.30. The van der Waals surface area contributed by atoms with Crippen molar-refractivity contribution < 1.29 is 0 Å². The number of benzene rings is 1. The molecule has 1 N–H and O–H groups in total. The Morgan fingerprint density at radius 2 is 1.96 bits per heavy atom. The number of allylic oxidation sites excluding steroid dienone is 6. The molecule has 2 nitrogen and oxygen atoms in total. The van der Waals surface area contributed by atoms with Crippen LogP contribution in [0.15, 0.2) is 91.0 Å². The summed E-state index contributed by atoms with van der Waals surface area (Å²) in [5.74, 6) is 0.371. The molecule has 0 amide bonds. The lowest BCUT2D eigenvalue weighted by molar-refractivity contribution is 0.577. The number of hydrogen-bond donors (Lipinski definition) is 1. The van der Waals surface area contributed by atoms with Crippen LogP contribution in [-0.4, -0.2) is 12.4 Å². The summed E-state index contributed by atoms with van der Waals surface area (Å²) < 4.78 is 0. The van der Waals surface area contributed by atoms with E-state index in [2.05, 4.69) is 78.6 Å². The molecule has 1 aromatic carbocycles. The summed E-state index contributed by atoms with van der Waals surface area (Å²) in [5.41, 5.74) is 5.60. The number of nitrogens with zero attached hydrogens (tertiary/aromatic N) is 1. The van der Waals surface area contributed by atoms with Gasteiger partial charge in [0.15, 0.2) is 0 Å². The third-order valence-corrected chi connectivity index (χ3v) is 4.67. The molecule has 0 spiro atoms. The van der Waals surface area contributed by atoms with Crippen LogP contribution in [0.5, 0.6) is 0 Å². The highest BCUT2D eigenvalue weighted by Crippen LogP contribution is 2.27. The summed E-state index contributed by atoms with van der Waals surface area (Å²) in [6, 6.07) is 6.45. The predicted molar refractivity (Wildman–Crippen MR) is 115 cm³/mol. The first-order valence-electron chi connectivity index (χ1n) is 8.82. The maximum Gasteiger partial charge on any atom is 0.0875 e. The van der Waals surface area contributed by atoms with Gasteiger partial charge in [0.1, 0.15) is 0 Å². The van der Waals surface area contributed by atoms with Crippen LogP contribution in [0, 0.1) is 5.92 Å². The lowest BCUT2D eigenvalue weighted by Gasteiger charge is -2.24. The Labute approximate surface area is 156 Å². The second kappa shape index (κ2) is 8.30. The Hall–Kier alpha value is -3.13. The van der Waals surface area contributed by atoms with Crippen molar-refractivity contribution >= 4 is 24.2 Å². The summed E-state index contributed by atoms with van der Waals surface area (Å²) >= 11 is 0. The van der Waals surface area contributed by atoms with Crippen LogP contribution < -0.4 is 5.32 Å². The lowest BCUT2D eigenvalue weighted by atomic mass is 9.88. The van der Waals surface area contributed by atoms with E-state index in [0.717, 1.165) is 28.8 Å². The van der Waals surface area contributed by atoms with Gasteiger partial charge in [-0.1, -0.05) is 80.5 Å². The largest absolute Gasteiger partial charge is 0.346 e. The standard InChI is InChI=1S/C24H24N2/c1-4-7-8-18-9-11-21(12-10-18)23-16-24(26-17-25-23)22-14-13-19(5-2)20(6-3)15-22/h4-11,13-17,21,23H,1-3,12H2,(H,25,26)/b8-7-. The van der Waals surface area contributed by atoms with E-state index in [1.165, 1.54) is 5.57 Å². The first-order valence-corrected chi connectivity index (χ1v) is 8.82. The van der Waals surface area contributed by atoms with E-state index in [4.69, 9.17) is 0 Å². The summed E-state index contributed by atoms with van der Waals surface area (Å²) in [4.78, 5) is 4.63. The maximum atomic E-state index is 4.63. The van der Waals surface area contributed by atoms with Crippen LogP contribution in [0.25, 0.3) is 17.8 Å². The molecule has 26 heavy (non-hydrogen) atoms. The molecule has 0 fully saturated rings. The quantitative estimate of drug-likeness (QED) is 0.674. The van der Waals surface area contributed by atoms with Gasteiger partial charge in [0, 0.05) is 11.6 Å². The Kier molecular flexibility index (Phi) is 5.65. The van der Waals surface area contributed by atoms with Gasteiger partial charge in [0.25, 0.3) is 0 Å². The molecule has 0 aromatic heterocycles. The average molecular weight is 340 g/mol. The zero-order valence-corrected chi connectivity index (χ0v) is 14.9. The molecule has 1 aliphatic heterocycles. The lowest BCUT2D eigenvalue weighted by Crippen LogP contribution is -2.25. The molecule has 1 aromatic rings. The molecule has 2 aliphatic rings. The minimum atomic E-state index is 0.134. The predicted octanol–water partition coefficient (Wildman–Crippen LogP) is 5.56. The van der Waals surface area contributed by atoms with Gasteiger partial charge in [-0.15, -0.1) is 0 Å².